The highest BCUT2D eigenvalue weighted by atomic mass is 19.1. The fourth-order valence-electron chi connectivity index (χ4n) is 2.69. The van der Waals surface area contributed by atoms with Crippen molar-refractivity contribution >= 4 is 11.5 Å². The summed E-state index contributed by atoms with van der Waals surface area (Å²) in [6.07, 6.45) is 2.54. The van der Waals surface area contributed by atoms with Crippen LogP contribution in [0.3, 0.4) is 0 Å². The summed E-state index contributed by atoms with van der Waals surface area (Å²) in [4.78, 5) is 6.47. The predicted octanol–water partition coefficient (Wildman–Crippen LogP) is 2.30. The second kappa shape index (κ2) is 7.22. The minimum atomic E-state index is -0.248. The van der Waals surface area contributed by atoms with Crippen molar-refractivity contribution in [3.63, 3.8) is 0 Å². The maximum Gasteiger partial charge on any atom is 0.200 e. The van der Waals surface area contributed by atoms with E-state index in [-0.39, 0.29) is 5.82 Å². The molecule has 0 N–H and O–H groups in total. The Balaban J connectivity index is 1.59. The van der Waals surface area contributed by atoms with E-state index in [0.29, 0.717) is 18.7 Å². The van der Waals surface area contributed by atoms with Crippen LogP contribution >= 0.6 is 0 Å². The molecule has 1 aromatic carbocycles. The Hall–Kier alpha value is -3.42. The smallest absolute Gasteiger partial charge is 0.200 e. The first-order chi connectivity index (χ1) is 12.8. The number of fused-ring (bicyclic) bond motifs is 1. The highest BCUT2D eigenvalue weighted by molar-refractivity contribution is 5.45. The van der Waals surface area contributed by atoms with Crippen LogP contribution in [0.25, 0.3) is 5.65 Å². The fourth-order valence-corrected chi connectivity index (χ4v) is 2.69. The topological polar surface area (TPSA) is 72.1 Å². The number of tetrazole rings is 1. The summed E-state index contributed by atoms with van der Waals surface area (Å²) >= 11 is 0. The molecule has 3 heterocycles. The third-order valence-electron chi connectivity index (χ3n) is 4.03. The largest absolute Gasteiger partial charge is 0.350 e. The molecule has 0 saturated heterocycles. The van der Waals surface area contributed by atoms with Gasteiger partial charge in [0.05, 0.1) is 0 Å². The van der Waals surface area contributed by atoms with Crippen molar-refractivity contribution < 1.29 is 4.39 Å². The Morgan fingerprint density at radius 1 is 1.00 bits per heavy atom. The molecule has 0 atom stereocenters. The van der Waals surface area contributed by atoms with Crippen LogP contribution in [-0.2, 0) is 13.0 Å². The summed E-state index contributed by atoms with van der Waals surface area (Å²) in [5.74, 6) is 0.493. The van der Waals surface area contributed by atoms with E-state index in [4.69, 9.17) is 0 Å². The fraction of sp³-hybridized carbons (Fsp3) is 0.167. The standard InChI is InChI=1S/C18H16FN7/c19-15-6-4-14(5-7-15)13-25(12-10-16-3-1-2-11-20-16)18-9-8-17-21-23-24-26(17)22-18/h1-9,11H,10,12-13H2. The van der Waals surface area contributed by atoms with Gasteiger partial charge in [-0.15, -0.1) is 14.8 Å². The van der Waals surface area contributed by atoms with Gasteiger partial charge < -0.3 is 4.90 Å². The molecule has 0 saturated carbocycles. The van der Waals surface area contributed by atoms with Gasteiger partial charge in [0.25, 0.3) is 0 Å². The van der Waals surface area contributed by atoms with E-state index in [1.807, 2.05) is 30.3 Å². The van der Waals surface area contributed by atoms with Crippen molar-refractivity contribution in [3.8, 4) is 0 Å². The molecule has 0 spiro atoms. The lowest BCUT2D eigenvalue weighted by Crippen LogP contribution is -2.27. The van der Waals surface area contributed by atoms with Gasteiger partial charge >= 0.3 is 0 Å². The van der Waals surface area contributed by atoms with Gasteiger partial charge in [0, 0.05) is 31.4 Å². The van der Waals surface area contributed by atoms with Crippen LogP contribution in [0, 0.1) is 5.82 Å². The third-order valence-corrected chi connectivity index (χ3v) is 4.03. The number of benzene rings is 1. The first kappa shape index (κ1) is 16.1. The summed E-state index contributed by atoms with van der Waals surface area (Å²) in [5.41, 5.74) is 2.58. The molecular formula is C18H16FN7. The van der Waals surface area contributed by atoms with Crippen molar-refractivity contribution in [1.82, 2.24) is 30.2 Å². The van der Waals surface area contributed by atoms with E-state index in [2.05, 4.69) is 30.5 Å². The zero-order valence-electron chi connectivity index (χ0n) is 13.9. The number of nitrogens with zero attached hydrogens (tertiary/aromatic N) is 7. The lowest BCUT2D eigenvalue weighted by Gasteiger charge is -2.23. The van der Waals surface area contributed by atoms with Crippen LogP contribution in [0.5, 0.6) is 0 Å². The number of halogens is 1. The monoisotopic (exact) mass is 349 g/mol. The Morgan fingerprint density at radius 3 is 2.69 bits per heavy atom. The zero-order valence-corrected chi connectivity index (χ0v) is 13.9. The van der Waals surface area contributed by atoms with Crippen molar-refractivity contribution in [3.05, 3.63) is 77.9 Å². The zero-order chi connectivity index (χ0) is 17.8. The number of hydrogen-bond donors (Lipinski definition) is 0. The number of anilines is 1. The van der Waals surface area contributed by atoms with Gasteiger partial charge in [-0.25, -0.2) is 4.39 Å². The van der Waals surface area contributed by atoms with E-state index in [0.717, 1.165) is 23.5 Å². The summed E-state index contributed by atoms with van der Waals surface area (Å²) in [6.45, 7) is 1.29. The van der Waals surface area contributed by atoms with Crippen LogP contribution in [0.4, 0.5) is 10.2 Å². The summed E-state index contributed by atoms with van der Waals surface area (Å²) < 4.78 is 14.6. The van der Waals surface area contributed by atoms with Gasteiger partial charge in [0.15, 0.2) is 11.5 Å². The van der Waals surface area contributed by atoms with Crippen LogP contribution in [-0.4, -0.2) is 36.8 Å². The molecule has 0 amide bonds. The molecule has 7 nitrogen and oxygen atoms in total. The maximum absolute atomic E-state index is 13.2. The van der Waals surface area contributed by atoms with Gasteiger partial charge in [-0.3, -0.25) is 4.98 Å². The van der Waals surface area contributed by atoms with Crippen LogP contribution in [0.1, 0.15) is 11.3 Å². The minimum Gasteiger partial charge on any atom is -0.350 e. The van der Waals surface area contributed by atoms with Crippen molar-refractivity contribution in [2.75, 3.05) is 11.4 Å². The minimum absolute atomic E-state index is 0.248. The molecule has 130 valence electrons. The Kier molecular flexibility index (Phi) is 4.46. The molecule has 0 radical (unpaired) electrons. The van der Waals surface area contributed by atoms with Gasteiger partial charge in [0.2, 0.25) is 0 Å². The molecule has 26 heavy (non-hydrogen) atoms. The normalized spacial score (nSPS) is 11.0. The Bertz CT molecular complexity index is 985. The van der Waals surface area contributed by atoms with E-state index in [9.17, 15) is 4.39 Å². The molecular weight excluding hydrogens is 333 g/mol. The number of hydrogen-bond acceptors (Lipinski definition) is 6. The third kappa shape index (κ3) is 3.64. The van der Waals surface area contributed by atoms with E-state index in [1.165, 1.54) is 16.8 Å². The van der Waals surface area contributed by atoms with Crippen LogP contribution < -0.4 is 4.90 Å². The first-order valence-corrected chi connectivity index (χ1v) is 8.23. The first-order valence-electron chi connectivity index (χ1n) is 8.23. The van der Waals surface area contributed by atoms with Crippen LogP contribution in [0.15, 0.2) is 60.8 Å². The molecule has 8 heteroatoms. The van der Waals surface area contributed by atoms with E-state index in [1.54, 1.807) is 18.3 Å². The average molecular weight is 349 g/mol. The number of aromatic nitrogens is 6. The van der Waals surface area contributed by atoms with Crippen molar-refractivity contribution in [2.24, 2.45) is 0 Å². The summed E-state index contributed by atoms with van der Waals surface area (Å²) in [7, 11) is 0. The molecule has 3 aromatic heterocycles. The van der Waals surface area contributed by atoms with Crippen molar-refractivity contribution in [1.29, 1.82) is 0 Å². The molecule has 0 bridgehead atoms. The SMILES string of the molecule is Fc1ccc(CN(CCc2ccccn2)c2ccc3nnnn3n2)cc1. The summed E-state index contributed by atoms with van der Waals surface area (Å²) in [5, 5.41) is 15.8. The second-order valence-electron chi connectivity index (χ2n) is 5.84. The average Bonchev–Trinajstić information content (AvgIpc) is 3.15. The number of pyridine rings is 1. The van der Waals surface area contributed by atoms with E-state index >= 15 is 0 Å². The summed E-state index contributed by atoms with van der Waals surface area (Å²) in [6, 6.07) is 16.0. The van der Waals surface area contributed by atoms with Crippen LogP contribution in [0.2, 0.25) is 0 Å². The van der Waals surface area contributed by atoms with Gasteiger partial charge in [-0.2, -0.15) is 0 Å². The molecule has 4 aromatic rings. The molecule has 0 aliphatic heterocycles. The maximum atomic E-state index is 13.2. The van der Waals surface area contributed by atoms with Gasteiger partial charge in [0.1, 0.15) is 5.82 Å². The van der Waals surface area contributed by atoms with Crippen molar-refractivity contribution in [2.45, 2.75) is 13.0 Å². The molecule has 0 aliphatic carbocycles. The predicted molar refractivity (Wildman–Crippen MR) is 94.0 cm³/mol. The molecule has 4 rings (SSSR count). The van der Waals surface area contributed by atoms with E-state index < -0.39 is 0 Å². The van der Waals surface area contributed by atoms with Gasteiger partial charge in [-0.05, 0) is 52.4 Å². The number of rotatable bonds is 6. The Morgan fingerprint density at radius 2 is 1.88 bits per heavy atom. The molecule has 0 aliphatic rings. The van der Waals surface area contributed by atoms with Gasteiger partial charge in [-0.1, -0.05) is 18.2 Å². The second-order valence-corrected chi connectivity index (χ2v) is 5.84. The highest BCUT2D eigenvalue weighted by Crippen LogP contribution is 2.16. The highest BCUT2D eigenvalue weighted by Gasteiger charge is 2.12. The lowest BCUT2D eigenvalue weighted by molar-refractivity contribution is 0.626. The molecule has 0 unspecified atom stereocenters. The quantitative estimate of drug-likeness (QED) is 0.532. The molecule has 0 fully saturated rings. The Labute approximate surface area is 149 Å². The lowest BCUT2D eigenvalue weighted by atomic mass is 10.2.